The maximum absolute atomic E-state index is 12.6. The molecule has 7 nitrogen and oxygen atoms in total. The molecule has 0 saturated carbocycles. The summed E-state index contributed by atoms with van der Waals surface area (Å²) in [5.41, 5.74) is 0.912. The molecule has 0 radical (unpaired) electrons. The molecule has 0 spiro atoms. The number of halogens is 1. The van der Waals surface area contributed by atoms with E-state index in [1.54, 1.807) is 6.07 Å². The van der Waals surface area contributed by atoms with Crippen molar-refractivity contribution in [3.05, 3.63) is 70.2 Å². The summed E-state index contributed by atoms with van der Waals surface area (Å²) in [5.74, 6) is -1.53. The number of carboxylic acids is 1. The Morgan fingerprint density at radius 3 is 2.55 bits per heavy atom. The first kappa shape index (κ1) is 21.9. The van der Waals surface area contributed by atoms with Crippen molar-refractivity contribution in [1.82, 2.24) is 0 Å². The van der Waals surface area contributed by atoms with Gasteiger partial charge in [-0.05, 0) is 46.7 Å². The van der Waals surface area contributed by atoms with E-state index in [0.717, 1.165) is 10.8 Å². The second-order valence-corrected chi connectivity index (χ2v) is 7.23. The van der Waals surface area contributed by atoms with E-state index in [0.29, 0.717) is 15.7 Å². The molecule has 0 fully saturated rings. The summed E-state index contributed by atoms with van der Waals surface area (Å²) in [4.78, 5) is 23.3. The third kappa shape index (κ3) is 5.41. The minimum absolute atomic E-state index is 0.126. The van der Waals surface area contributed by atoms with Gasteiger partial charge in [0, 0.05) is 10.2 Å². The van der Waals surface area contributed by atoms with Crippen LogP contribution in [0.1, 0.15) is 5.56 Å². The van der Waals surface area contributed by atoms with Gasteiger partial charge in [0.2, 0.25) is 0 Å². The van der Waals surface area contributed by atoms with Crippen LogP contribution in [-0.2, 0) is 9.59 Å². The Hall–Kier alpha value is -3.83. The average Bonchev–Trinajstić information content (AvgIpc) is 2.76. The molecule has 0 bridgehead atoms. The number of methoxy groups -OCH3 is 1. The number of carbonyl (C=O) groups is 2. The number of nitrogens with one attached hydrogen (secondary N) is 1. The molecule has 0 unspecified atom stereocenters. The number of fused-ring (bicyclic) bond motifs is 1. The monoisotopic (exact) mass is 479 g/mol. The number of carboxylic acid groups (broad SMARTS) is 1. The Morgan fingerprint density at radius 2 is 1.87 bits per heavy atom. The summed E-state index contributed by atoms with van der Waals surface area (Å²) in [6.45, 7) is -0.643. The molecule has 0 aromatic heterocycles. The zero-order valence-corrected chi connectivity index (χ0v) is 17.9. The van der Waals surface area contributed by atoms with E-state index < -0.39 is 18.5 Å². The van der Waals surface area contributed by atoms with Gasteiger partial charge in [-0.15, -0.1) is 0 Å². The predicted octanol–water partition coefficient (Wildman–Crippen LogP) is 3.29. The van der Waals surface area contributed by atoms with Gasteiger partial charge < -0.3 is 24.7 Å². The van der Waals surface area contributed by atoms with E-state index in [1.165, 1.54) is 25.3 Å². The highest BCUT2D eigenvalue weighted by atomic mass is 79.9. The van der Waals surface area contributed by atoms with Crippen LogP contribution in [-0.4, -0.2) is 25.6 Å². The lowest BCUT2D eigenvalue weighted by Crippen LogP contribution is -2.29. The summed E-state index contributed by atoms with van der Waals surface area (Å²) in [5, 5.41) is 24.9. The minimum Gasteiger partial charge on any atom is -0.546 e. The SMILES string of the molecule is COc1cc(/C=C(/C#N)C(=O)Nc2ccc3ccccc3c2)c(Br)cc1OCC(=O)[O-]. The number of nitriles is 1. The van der Waals surface area contributed by atoms with Crippen molar-refractivity contribution in [3.63, 3.8) is 0 Å². The lowest BCUT2D eigenvalue weighted by atomic mass is 10.1. The fourth-order valence-corrected chi connectivity index (χ4v) is 3.28. The molecule has 3 rings (SSSR count). The molecule has 0 atom stereocenters. The second-order valence-electron chi connectivity index (χ2n) is 6.37. The molecule has 8 heteroatoms. The van der Waals surface area contributed by atoms with Gasteiger partial charge >= 0.3 is 0 Å². The Kier molecular flexibility index (Phi) is 6.90. The number of carbonyl (C=O) groups excluding carboxylic acids is 2. The molecule has 0 heterocycles. The maximum atomic E-state index is 12.6. The maximum Gasteiger partial charge on any atom is 0.266 e. The Morgan fingerprint density at radius 1 is 1.13 bits per heavy atom. The van der Waals surface area contributed by atoms with Gasteiger partial charge in [-0.3, -0.25) is 4.79 Å². The van der Waals surface area contributed by atoms with Gasteiger partial charge in [-0.1, -0.05) is 46.3 Å². The van der Waals surface area contributed by atoms with Gasteiger partial charge in [0.15, 0.2) is 11.5 Å². The number of aliphatic carboxylic acids is 1. The van der Waals surface area contributed by atoms with E-state index in [1.807, 2.05) is 42.5 Å². The number of hydrogen-bond acceptors (Lipinski definition) is 6. The van der Waals surface area contributed by atoms with E-state index in [4.69, 9.17) is 9.47 Å². The van der Waals surface area contributed by atoms with Crippen molar-refractivity contribution < 1.29 is 24.2 Å². The first-order valence-corrected chi connectivity index (χ1v) is 9.82. The van der Waals surface area contributed by atoms with Crippen molar-refractivity contribution in [2.45, 2.75) is 0 Å². The molecule has 1 amide bonds. The van der Waals surface area contributed by atoms with Gasteiger partial charge in [0.05, 0.1) is 13.1 Å². The van der Waals surface area contributed by atoms with Crippen molar-refractivity contribution >= 4 is 50.3 Å². The number of ether oxygens (including phenoxy) is 2. The number of nitrogens with zero attached hydrogens (tertiary/aromatic N) is 1. The van der Waals surface area contributed by atoms with Gasteiger partial charge in [-0.25, -0.2) is 0 Å². The topological polar surface area (TPSA) is 111 Å². The van der Waals surface area contributed by atoms with Crippen LogP contribution in [0.4, 0.5) is 5.69 Å². The highest BCUT2D eigenvalue weighted by Gasteiger charge is 2.14. The molecule has 0 saturated heterocycles. The average molecular weight is 480 g/mol. The van der Waals surface area contributed by atoms with Gasteiger partial charge in [0.25, 0.3) is 5.91 Å². The van der Waals surface area contributed by atoms with Gasteiger partial charge in [0.1, 0.15) is 18.2 Å². The van der Waals surface area contributed by atoms with Crippen molar-refractivity contribution in [2.75, 3.05) is 19.0 Å². The molecule has 156 valence electrons. The first-order chi connectivity index (χ1) is 14.9. The summed E-state index contributed by atoms with van der Waals surface area (Å²) < 4.78 is 10.8. The molecular formula is C23H16BrN2O5-. The van der Waals surface area contributed by atoms with Crippen molar-refractivity contribution in [2.24, 2.45) is 0 Å². The van der Waals surface area contributed by atoms with Crippen LogP contribution in [0.25, 0.3) is 16.8 Å². The number of rotatable bonds is 7. The fourth-order valence-electron chi connectivity index (χ4n) is 2.84. The molecule has 3 aromatic rings. The van der Waals surface area contributed by atoms with Gasteiger partial charge in [-0.2, -0.15) is 5.26 Å². The lowest BCUT2D eigenvalue weighted by Gasteiger charge is -2.13. The number of benzene rings is 3. The van der Waals surface area contributed by atoms with Crippen LogP contribution in [0.5, 0.6) is 11.5 Å². The Bertz CT molecular complexity index is 1230. The summed E-state index contributed by atoms with van der Waals surface area (Å²) in [6.07, 6.45) is 1.39. The molecular weight excluding hydrogens is 464 g/mol. The molecule has 0 aliphatic carbocycles. The second kappa shape index (κ2) is 9.78. The fraction of sp³-hybridized carbons (Fsp3) is 0.0870. The zero-order valence-electron chi connectivity index (χ0n) is 16.3. The highest BCUT2D eigenvalue weighted by Crippen LogP contribution is 2.34. The number of amides is 1. The van der Waals surface area contributed by atoms with Crippen LogP contribution in [0.15, 0.2) is 64.6 Å². The zero-order chi connectivity index (χ0) is 22.4. The normalized spacial score (nSPS) is 10.9. The largest absolute Gasteiger partial charge is 0.546 e. The summed E-state index contributed by atoms with van der Waals surface area (Å²) >= 11 is 3.33. The molecule has 1 N–H and O–H groups in total. The first-order valence-electron chi connectivity index (χ1n) is 9.03. The number of anilines is 1. The van der Waals surface area contributed by atoms with E-state index >= 15 is 0 Å². The van der Waals surface area contributed by atoms with E-state index in [2.05, 4.69) is 21.2 Å². The number of hydrogen-bond donors (Lipinski definition) is 1. The van der Waals surface area contributed by atoms with Crippen LogP contribution in [0.2, 0.25) is 0 Å². The predicted molar refractivity (Wildman–Crippen MR) is 117 cm³/mol. The van der Waals surface area contributed by atoms with E-state index in [-0.39, 0.29) is 17.1 Å². The third-order valence-corrected chi connectivity index (χ3v) is 4.99. The van der Waals surface area contributed by atoms with Crippen molar-refractivity contribution in [1.29, 1.82) is 5.26 Å². The smallest absolute Gasteiger partial charge is 0.266 e. The Balaban J connectivity index is 1.86. The minimum atomic E-state index is -1.38. The quantitative estimate of drug-likeness (QED) is 0.411. The van der Waals surface area contributed by atoms with Crippen LogP contribution in [0.3, 0.4) is 0 Å². The molecule has 0 aliphatic heterocycles. The molecule has 31 heavy (non-hydrogen) atoms. The van der Waals surface area contributed by atoms with Crippen LogP contribution < -0.4 is 19.9 Å². The van der Waals surface area contributed by atoms with Crippen molar-refractivity contribution in [3.8, 4) is 17.6 Å². The molecule has 3 aromatic carbocycles. The third-order valence-electron chi connectivity index (χ3n) is 4.30. The Labute approximate surface area is 186 Å². The van der Waals surface area contributed by atoms with Crippen LogP contribution in [0, 0.1) is 11.3 Å². The van der Waals surface area contributed by atoms with E-state index in [9.17, 15) is 20.0 Å². The lowest BCUT2D eigenvalue weighted by molar-refractivity contribution is -0.307. The standard InChI is InChI=1S/C23H17BrN2O5/c1-30-20-10-16(19(24)11-21(20)31-13-22(27)28)8-17(12-25)23(29)26-18-7-6-14-4-2-3-5-15(14)9-18/h2-11H,13H2,1H3,(H,26,29)(H,27,28)/p-1/b17-8-. The molecule has 0 aliphatic rings. The summed E-state index contributed by atoms with van der Waals surface area (Å²) in [7, 11) is 1.39. The summed E-state index contributed by atoms with van der Waals surface area (Å²) in [6, 6.07) is 18.1. The highest BCUT2D eigenvalue weighted by molar-refractivity contribution is 9.10. The van der Waals surface area contributed by atoms with Crippen LogP contribution >= 0.6 is 15.9 Å².